The number of β-amino-alcohol motifs (C(OH)–C–C–N with tert-alkyl or cyclic N) is 1. The van der Waals surface area contributed by atoms with Crippen LogP contribution >= 0.6 is 0 Å². The number of hydrogen-bond acceptors (Lipinski definition) is 5. The van der Waals surface area contributed by atoms with Gasteiger partial charge in [-0.3, -0.25) is 9.69 Å². The van der Waals surface area contributed by atoms with Crippen LogP contribution in [0.1, 0.15) is 39.0 Å². The molecule has 8 heteroatoms. The van der Waals surface area contributed by atoms with Gasteiger partial charge in [0, 0.05) is 19.6 Å². The SMILES string of the molecule is C[C@H]1C(=O)N([C@H](CO)CCCN2CCC3(CC3)[C@H](O)C2)CCN1C(=O)O. The van der Waals surface area contributed by atoms with Crippen LogP contribution in [-0.4, -0.2) is 99.5 Å². The van der Waals surface area contributed by atoms with Crippen LogP contribution in [0.15, 0.2) is 0 Å². The van der Waals surface area contributed by atoms with Gasteiger partial charge in [0.2, 0.25) is 5.91 Å². The van der Waals surface area contributed by atoms with Crippen LogP contribution in [0.25, 0.3) is 0 Å². The lowest BCUT2D eigenvalue weighted by atomic mass is 9.90. The number of amides is 2. The maximum Gasteiger partial charge on any atom is 0.408 e. The van der Waals surface area contributed by atoms with Gasteiger partial charge in [-0.05, 0) is 57.5 Å². The standard InChI is InChI=1S/C18H31N3O5/c1-13-16(24)21(10-9-20(13)17(25)26)14(12-22)3-2-7-19-8-6-18(4-5-18)15(23)11-19/h13-15,22-23H,2-12H2,1H3,(H,25,26)/t13-,14-,15+/m0/s1. The molecular formula is C18H31N3O5. The molecule has 26 heavy (non-hydrogen) atoms. The summed E-state index contributed by atoms with van der Waals surface area (Å²) >= 11 is 0. The Morgan fingerprint density at radius 2 is 2.00 bits per heavy atom. The van der Waals surface area contributed by atoms with E-state index in [9.17, 15) is 19.8 Å². The fourth-order valence-corrected chi connectivity index (χ4v) is 4.44. The third-order valence-corrected chi connectivity index (χ3v) is 6.55. The summed E-state index contributed by atoms with van der Waals surface area (Å²) in [6.45, 7) is 4.66. The van der Waals surface area contributed by atoms with Crippen molar-refractivity contribution in [2.75, 3.05) is 39.3 Å². The van der Waals surface area contributed by atoms with E-state index in [4.69, 9.17) is 5.11 Å². The third kappa shape index (κ3) is 3.82. The highest BCUT2D eigenvalue weighted by Gasteiger charge is 2.51. The number of aliphatic hydroxyl groups excluding tert-OH is 2. The van der Waals surface area contributed by atoms with Gasteiger partial charge in [0.1, 0.15) is 6.04 Å². The van der Waals surface area contributed by atoms with Gasteiger partial charge in [-0.1, -0.05) is 0 Å². The number of piperazine rings is 1. The van der Waals surface area contributed by atoms with Crippen LogP contribution in [0, 0.1) is 5.41 Å². The van der Waals surface area contributed by atoms with Crippen molar-refractivity contribution in [2.45, 2.75) is 57.2 Å². The number of aliphatic hydroxyl groups is 2. The van der Waals surface area contributed by atoms with E-state index in [2.05, 4.69) is 4.90 Å². The van der Waals surface area contributed by atoms with Gasteiger partial charge in [0.15, 0.2) is 0 Å². The molecule has 1 saturated carbocycles. The summed E-state index contributed by atoms with van der Waals surface area (Å²) in [6, 6.07) is -0.979. The lowest BCUT2D eigenvalue weighted by Crippen LogP contribution is -2.60. The second-order valence-electron chi connectivity index (χ2n) is 8.09. The molecule has 2 amide bonds. The lowest BCUT2D eigenvalue weighted by molar-refractivity contribution is -0.143. The Morgan fingerprint density at radius 3 is 2.58 bits per heavy atom. The molecule has 0 aromatic rings. The molecule has 3 aliphatic rings. The van der Waals surface area contributed by atoms with Gasteiger partial charge in [0.25, 0.3) is 0 Å². The zero-order valence-corrected chi connectivity index (χ0v) is 15.5. The van der Waals surface area contributed by atoms with Gasteiger partial charge in [-0.15, -0.1) is 0 Å². The number of rotatable bonds is 6. The zero-order valence-electron chi connectivity index (χ0n) is 15.5. The van der Waals surface area contributed by atoms with Gasteiger partial charge >= 0.3 is 6.09 Å². The number of carbonyl (C=O) groups excluding carboxylic acids is 1. The van der Waals surface area contributed by atoms with Crippen LogP contribution in [0.2, 0.25) is 0 Å². The van der Waals surface area contributed by atoms with Gasteiger partial charge < -0.3 is 25.1 Å². The number of carbonyl (C=O) groups is 2. The lowest BCUT2D eigenvalue weighted by Gasteiger charge is -2.41. The summed E-state index contributed by atoms with van der Waals surface area (Å²) in [6.07, 6.45) is 3.57. The van der Waals surface area contributed by atoms with Crippen LogP contribution in [-0.2, 0) is 4.79 Å². The van der Waals surface area contributed by atoms with Crippen molar-refractivity contribution in [3.8, 4) is 0 Å². The van der Waals surface area contributed by atoms with E-state index in [1.807, 2.05) is 0 Å². The third-order valence-electron chi connectivity index (χ3n) is 6.55. The molecule has 3 fully saturated rings. The fourth-order valence-electron chi connectivity index (χ4n) is 4.44. The fraction of sp³-hybridized carbons (Fsp3) is 0.889. The average molecular weight is 369 g/mol. The van der Waals surface area contributed by atoms with Crippen molar-refractivity contribution < 1.29 is 24.9 Å². The summed E-state index contributed by atoms with van der Waals surface area (Å²) < 4.78 is 0. The highest BCUT2D eigenvalue weighted by atomic mass is 16.4. The summed E-state index contributed by atoms with van der Waals surface area (Å²) in [7, 11) is 0. The van der Waals surface area contributed by atoms with Crippen molar-refractivity contribution in [1.82, 2.24) is 14.7 Å². The Labute approximate surface area is 154 Å². The normalized spacial score (nSPS) is 29.9. The van der Waals surface area contributed by atoms with E-state index in [1.54, 1.807) is 11.8 Å². The van der Waals surface area contributed by atoms with E-state index in [-0.39, 0.29) is 36.6 Å². The summed E-state index contributed by atoms with van der Waals surface area (Å²) in [5.74, 6) is -0.234. The summed E-state index contributed by atoms with van der Waals surface area (Å²) in [4.78, 5) is 28.7. The van der Waals surface area contributed by atoms with Gasteiger partial charge in [-0.2, -0.15) is 0 Å². The Kier molecular flexibility index (Phi) is 5.74. The highest BCUT2D eigenvalue weighted by Crippen LogP contribution is 2.53. The monoisotopic (exact) mass is 369 g/mol. The first-order valence-corrected chi connectivity index (χ1v) is 9.69. The van der Waals surface area contributed by atoms with Crippen LogP contribution in [0.4, 0.5) is 4.79 Å². The van der Waals surface area contributed by atoms with Crippen molar-refractivity contribution in [3.05, 3.63) is 0 Å². The molecule has 1 spiro atoms. The number of carboxylic acid groups (broad SMARTS) is 1. The van der Waals surface area contributed by atoms with Gasteiger partial charge in [0.05, 0.1) is 18.8 Å². The van der Waals surface area contributed by atoms with E-state index >= 15 is 0 Å². The molecule has 3 rings (SSSR count). The minimum absolute atomic E-state index is 0.114. The molecule has 0 unspecified atom stereocenters. The second-order valence-corrected chi connectivity index (χ2v) is 8.09. The minimum Gasteiger partial charge on any atom is -0.465 e. The first kappa shape index (κ1) is 19.4. The number of piperidine rings is 1. The first-order valence-electron chi connectivity index (χ1n) is 9.69. The van der Waals surface area contributed by atoms with Crippen molar-refractivity contribution in [3.63, 3.8) is 0 Å². The molecule has 2 aliphatic heterocycles. The Bertz CT molecular complexity index is 539. The molecule has 3 N–H and O–H groups in total. The maximum atomic E-state index is 12.5. The molecule has 148 valence electrons. The summed E-state index contributed by atoms with van der Waals surface area (Å²) in [5.41, 5.74) is 0.205. The van der Waals surface area contributed by atoms with E-state index < -0.39 is 12.1 Å². The van der Waals surface area contributed by atoms with E-state index in [1.165, 1.54) is 0 Å². The van der Waals surface area contributed by atoms with Crippen molar-refractivity contribution in [1.29, 1.82) is 0 Å². The highest BCUT2D eigenvalue weighted by molar-refractivity contribution is 5.86. The molecule has 0 aromatic heterocycles. The molecule has 0 bridgehead atoms. The predicted octanol–water partition coefficient (Wildman–Crippen LogP) is 0.185. The molecule has 8 nitrogen and oxygen atoms in total. The van der Waals surface area contributed by atoms with E-state index in [0.717, 1.165) is 50.2 Å². The van der Waals surface area contributed by atoms with Crippen molar-refractivity contribution >= 4 is 12.0 Å². The quantitative estimate of drug-likeness (QED) is 0.617. The molecule has 3 atom stereocenters. The van der Waals surface area contributed by atoms with Crippen molar-refractivity contribution in [2.24, 2.45) is 5.41 Å². The van der Waals surface area contributed by atoms with E-state index in [0.29, 0.717) is 13.0 Å². The second kappa shape index (κ2) is 7.70. The first-order chi connectivity index (χ1) is 12.4. The molecule has 0 radical (unpaired) electrons. The Balaban J connectivity index is 1.46. The minimum atomic E-state index is -1.08. The Hall–Kier alpha value is -1.38. The largest absolute Gasteiger partial charge is 0.465 e. The predicted molar refractivity (Wildman–Crippen MR) is 94.7 cm³/mol. The number of likely N-dealkylation sites (tertiary alicyclic amines) is 1. The average Bonchev–Trinajstić information content (AvgIpc) is 3.39. The van der Waals surface area contributed by atoms with Gasteiger partial charge in [-0.25, -0.2) is 4.79 Å². The molecule has 1 aliphatic carbocycles. The molecule has 2 heterocycles. The molecule has 0 aromatic carbocycles. The number of hydrogen-bond donors (Lipinski definition) is 3. The molecule has 2 saturated heterocycles. The van der Waals surface area contributed by atoms with Crippen LogP contribution < -0.4 is 0 Å². The van der Waals surface area contributed by atoms with Crippen LogP contribution in [0.5, 0.6) is 0 Å². The molecular weight excluding hydrogens is 338 g/mol. The topological polar surface area (TPSA) is 105 Å². The Morgan fingerprint density at radius 1 is 1.27 bits per heavy atom. The zero-order chi connectivity index (χ0) is 18.9. The van der Waals surface area contributed by atoms with Crippen LogP contribution in [0.3, 0.4) is 0 Å². The smallest absolute Gasteiger partial charge is 0.408 e. The summed E-state index contributed by atoms with van der Waals surface area (Å²) in [5, 5.41) is 29.1. The number of nitrogens with zero attached hydrogens (tertiary/aromatic N) is 3. The maximum absolute atomic E-state index is 12.5.